The summed E-state index contributed by atoms with van der Waals surface area (Å²) < 4.78 is 5.76. The largest absolute Gasteiger partial charge is 0.486 e. The van der Waals surface area contributed by atoms with Gasteiger partial charge >= 0.3 is 5.97 Å². The average molecular weight is 384 g/mol. The molecule has 7 nitrogen and oxygen atoms in total. The van der Waals surface area contributed by atoms with E-state index in [2.05, 4.69) is 5.32 Å². The van der Waals surface area contributed by atoms with Crippen molar-refractivity contribution < 1.29 is 24.5 Å². The molecule has 1 saturated heterocycles. The fraction of sp³-hybridized carbons (Fsp3) is 0.333. The number of anilines is 1. The van der Waals surface area contributed by atoms with Crippen LogP contribution < -0.4 is 10.1 Å². The number of para-hydroxylation sites is 1. The molecule has 3 rings (SSSR count). The molecular weight excluding hydrogens is 360 g/mol. The van der Waals surface area contributed by atoms with E-state index in [1.54, 1.807) is 12.1 Å². The quantitative estimate of drug-likeness (QED) is 0.675. The van der Waals surface area contributed by atoms with E-state index >= 15 is 0 Å². The van der Waals surface area contributed by atoms with E-state index in [4.69, 9.17) is 9.84 Å². The highest BCUT2D eigenvalue weighted by atomic mass is 16.5. The first kappa shape index (κ1) is 19.9. The Bertz CT molecular complexity index is 854. The van der Waals surface area contributed by atoms with Crippen molar-refractivity contribution in [1.82, 2.24) is 4.90 Å². The SMILES string of the molecule is CCc1ccccc1NC(=O)CN1C[C@@H](O)[C@H](Oc2cccc(C(=O)O)c2)C1. The number of β-amino-alcohol motifs (C(OH)–C–C–N with tert-alkyl or cyclic N) is 1. The second-order valence-electron chi connectivity index (χ2n) is 6.81. The molecule has 7 heteroatoms. The number of hydrogen-bond acceptors (Lipinski definition) is 5. The van der Waals surface area contributed by atoms with Gasteiger partial charge < -0.3 is 20.3 Å². The van der Waals surface area contributed by atoms with Gasteiger partial charge in [0.1, 0.15) is 18.0 Å². The number of aliphatic hydroxyl groups is 1. The number of nitrogens with one attached hydrogen (secondary N) is 1. The summed E-state index contributed by atoms with van der Waals surface area (Å²) in [5.41, 5.74) is 1.99. The lowest BCUT2D eigenvalue weighted by molar-refractivity contribution is -0.117. The van der Waals surface area contributed by atoms with Crippen molar-refractivity contribution in [3.63, 3.8) is 0 Å². The van der Waals surface area contributed by atoms with Crippen LogP contribution in [0.4, 0.5) is 5.69 Å². The number of likely N-dealkylation sites (tertiary alicyclic amines) is 1. The highest BCUT2D eigenvalue weighted by Gasteiger charge is 2.34. The summed E-state index contributed by atoms with van der Waals surface area (Å²) in [5.74, 6) is -0.808. The summed E-state index contributed by atoms with van der Waals surface area (Å²) in [6, 6.07) is 13.8. The molecule has 0 unspecified atom stereocenters. The number of benzene rings is 2. The van der Waals surface area contributed by atoms with Crippen molar-refractivity contribution in [3.8, 4) is 5.75 Å². The minimum atomic E-state index is -1.04. The summed E-state index contributed by atoms with van der Waals surface area (Å²) in [6.45, 7) is 2.86. The van der Waals surface area contributed by atoms with E-state index in [1.165, 1.54) is 12.1 Å². The van der Waals surface area contributed by atoms with Crippen molar-refractivity contribution in [2.45, 2.75) is 25.6 Å². The molecule has 2 aromatic carbocycles. The topological polar surface area (TPSA) is 99.1 Å². The first-order chi connectivity index (χ1) is 13.5. The Morgan fingerprint density at radius 2 is 1.96 bits per heavy atom. The number of carboxylic acids is 1. The van der Waals surface area contributed by atoms with Crippen LogP contribution in [0, 0.1) is 0 Å². The third-order valence-corrected chi connectivity index (χ3v) is 4.72. The van der Waals surface area contributed by atoms with Crippen molar-refractivity contribution >= 4 is 17.6 Å². The number of carbonyl (C=O) groups is 2. The number of aliphatic hydroxyl groups excluding tert-OH is 1. The molecule has 0 aliphatic carbocycles. The van der Waals surface area contributed by atoms with Crippen LogP contribution >= 0.6 is 0 Å². The smallest absolute Gasteiger partial charge is 0.335 e. The van der Waals surface area contributed by atoms with E-state index in [9.17, 15) is 14.7 Å². The Morgan fingerprint density at radius 3 is 2.71 bits per heavy atom. The standard InChI is InChI=1S/C21H24N2O5/c1-2-14-6-3-4-9-17(14)22-20(25)13-23-11-18(24)19(12-23)28-16-8-5-7-15(10-16)21(26)27/h3-10,18-19,24H,2,11-13H2,1H3,(H,22,25)(H,26,27)/t18-,19-/m1/s1. The molecule has 0 radical (unpaired) electrons. The summed E-state index contributed by atoms with van der Waals surface area (Å²) >= 11 is 0. The Hall–Kier alpha value is -2.90. The van der Waals surface area contributed by atoms with Gasteiger partial charge in [-0.1, -0.05) is 31.2 Å². The number of aromatic carboxylic acids is 1. The molecule has 148 valence electrons. The highest BCUT2D eigenvalue weighted by Crippen LogP contribution is 2.21. The first-order valence-corrected chi connectivity index (χ1v) is 9.24. The maximum absolute atomic E-state index is 12.4. The number of aryl methyl sites for hydroxylation is 1. The molecule has 0 aromatic heterocycles. The second kappa shape index (κ2) is 8.86. The summed E-state index contributed by atoms with van der Waals surface area (Å²) in [5, 5.41) is 22.3. The van der Waals surface area contributed by atoms with Crippen molar-refractivity contribution in [2.75, 3.05) is 25.0 Å². The van der Waals surface area contributed by atoms with E-state index in [1.807, 2.05) is 36.1 Å². The number of carbonyl (C=O) groups excluding carboxylic acids is 1. The lowest BCUT2D eigenvalue weighted by atomic mass is 10.1. The van der Waals surface area contributed by atoms with Crippen LogP contribution in [0.25, 0.3) is 0 Å². The van der Waals surface area contributed by atoms with Gasteiger partial charge in [0.25, 0.3) is 0 Å². The van der Waals surface area contributed by atoms with Gasteiger partial charge in [-0.3, -0.25) is 9.69 Å². The number of rotatable bonds is 7. The minimum absolute atomic E-state index is 0.121. The van der Waals surface area contributed by atoms with Crippen LogP contribution in [-0.4, -0.2) is 58.8 Å². The zero-order valence-corrected chi connectivity index (χ0v) is 15.7. The van der Waals surface area contributed by atoms with Crippen LogP contribution in [-0.2, 0) is 11.2 Å². The molecule has 2 atom stereocenters. The van der Waals surface area contributed by atoms with Crippen LogP contribution in [0.3, 0.4) is 0 Å². The molecule has 1 fully saturated rings. The van der Waals surface area contributed by atoms with Crippen LogP contribution in [0.1, 0.15) is 22.8 Å². The van der Waals surface area contributed by atoms with Gasteiger partial charge in [0.15, 0.2) is 0 Å². The lowest BCUT2D eigenvalue weighted by Gasteiger charge is -2.17. The molecular formula is C21H24N2O5. The molecule has 3 N–H and O–H groups in total. The highest BCUT2D eigenvalue weighted by molar-refractivity contribution is 5.93. The molecule has 28 heavy (non-hydrogen) atoms. The van der Waals surface area contributed by atoms with E-state index in [0.29, 0.717) is 18.8 Å². The van der Waals surface area contributed by atoms with E-state index < -0.39 is 18.2 Å². The predicted molar refractivity (Wildman–Crippen MR) is 105 cm³/mol. The first-order valence-electron chi connectivity index (χ1n) is 9.24. The maximum Gasteiger partial charge on any atom is 0.335 e. The molecule has 0 spiro atoms. The zero-order chi connectivity index (χ0) is 20.1. The number of carboxylic acid groups (broad SMARTS) is 1. The third-order valence-electron chi connectivity index (χ3n) is 4.72. The number of hydrogen-bond donors (Lipinski definition) is 3. The summed E-state index contributed by atoms with van der Waals surface area (Å²) in [6.07, 6.45) is -0.464. The fourth-order valence-electron chi connectivity index (χ4n) is 3.30. The summed E-state index contributed by atoms with van der Waals surface area (Å²) in [7, 11) is 0. The molecule has 2 aromatic rings. The van der Waals surface area contributed by atoms with Gasteiger partial charge in [0.2, 0.25) is 5.91 Å². The number of amides is 1. The Kier molecular flexibility index (Phi) is 6.28. The average Bonchev–Trinajstić information content (AvgIpc) is 3.01. The monoisotopic (exact) mass is 384 g/mol. The Labute approximate surface area is 163 Å². The molecule has 1 amide bonds. The van der Waals surface area contributed by atoms with Gasteiger partial charge in [0.05, 0.1) is 12.1 Å². The molecule has 1 aliphatic rings. The van der Waals surface area contributed by atoms with Crippen LogP contribution in [0.2, 0.25) is 0 Å². The van der Waals surface area contributed by atoms with Crippen molar-refractivity contribution in [3.05, 3.63) is 59.7 Å². The maximum atomic E-state index is 12.4. The van der Waals surface area contributed by atoms with Crippen molar-refractivity contribution in [2.24, 2.45) is 0 Å². The number of ether oxygens (including phenoxy) is 1. The van der Waals surface area contributed by atoms with E-state index in [-0.39, 0.29) is 18.0 Å². The lowest BCUT2D eigenvalue weighted by Crippen LogP contribution is -2.33. The van der Waals surface area contributed by atoms with Gasteiger partial charge in [-0.05, 0) is 36.2 Å². The normalized spacial score (nSPS) is 19.4. The molecule has 0 bridgehead atoms. The second-order valence-corrected chi connectivity index (χ2v) is 6.81. The van der Waals surface area contributed by atoms with Crippen LogP contribution in [0.5, 0.6) is 5.75 Å². The van der Waals surface area contributed by atoms with Gasteiger partial charge in [0, 0.05) is 18.8 Å². The predicted octanol–water partition coefficient (Wildman–Crippen LogP) is 2.01. The molecule has 0 saturated carbocycles. The Balaban J connectivity index is 1.57. The molecule has 1 aliphatic heterocycles. The fourth-order valence-corrected chi connectivity index (χ4v) is 3.30. The third kappa shape index (κ3) is 4.88. The van der Waals surface area contributed by atoms with Crippen LogP contribution in [0.15, 0.2) is 48.5 Å². The Morgan fingerprint density at radius 1 is 1.18 bits per heavy atom. The molecule has 1 heterocycles. The minimum Gasteiger partial charge on any atom is -0.486 e. The summed E-state index contributed by atoms with van der Waals surface area (Å²) in [4.78, 5) is 25.3. The van der Waals surface area contributed by atoms with Gasteiger partial charge in [-0.2, -0.15) is 0 Å². The van der Waals surface area contributed by atoms with Crippen molar-refractivity contribution in [1.29, 1.82) is 0 Å². The van der Waals surface area contributed by atoms with Gasteiger partial charge in [-0.25, -0.2) is 4.79 Å². The van der Waals surface area contributed by atoms with E-state index in [0.717, 1.165) is 17.7 Å². The zero-order valence-electron chi connectivity index (χ0n) is 15.7. The number of nitrogens with zero attached hydrogens (tertiary/aromatic N) is 1. The van der Waals surface area contributed by atoms with Gasteiger partial charge in [-0.15, -0.1) is 0 Å².